The van der Waals surface area contributed by atoms with Gasteiger partial charge in [0.2, 0.25) is 10.0 Å². The number of sulfonamides is 1. The zero-order valence-electron chi connectivity index (χ0n) is 18.6. The van der Waals surface area contributed by atoms with Crippen LogP contribution in [0.25, 0.3) is 0 Å². The van der Waals surface area contributed by atoms with Crippen LogP contribution in [0.3, 0.4) is 0 Å². The summed E-state index contributed by atoms with van der Waals surface area (Å²) in [5.74, 6) is 0.720. The summed E-state index contributed by atoms with van der Waals surface area (Å²) in [4.78, 5) is 15.5. The molecule has 1 fully saturated rings. The van der Waals surface area contributed by atoms with Crippen molar-refractivity contribution in [2.45, 2.75) is 44.0 Å². The third-order valence-corrected chi connectivity index (χ3v) is 7.74. The van der Waals surface area contributed by atoms with Crippen LogP contribution in [0, 0.1) is 6.92 Å². The molecule has 1 heterocycles. The molecular formula is C24H32N2O4S. The van der Waals surface area contributed by atoms with Crippen molar-refractivity contribution in [2.75, 3.05) is 33.3 Å². The van der Waals surface area contributed by atoms with Crippen molar-refractivity contribution >= 4 is 15.8 Å². The lowest BCUT2D eigenvalue weighted by Crippen LogP contribution is -2.55. The largest absolute Gasteiger partial charge is 0.497 e. The van der Waals surface area contributed by atoms with Gasteiger partial charge in [-0.25, -0.2) is 8.42 Å². The van der Waals surface area contributed by atoms with Crippen LogP contribution >= 0.6 is 0 Å². The third kappa shape index (κ3) is 5.73. The number of Topliss-reactive ketones (excluding diaryl/α,β-unsaturated/α-hetero) is 1. The van der Waals surface area contributed by atoms with Crippen LogP contribution in [0.2, 0.25) is 0 Å². The van der Waals surface area contributed by atoms with Gasteiger partial charge >= 0.3 is 0 Å². The Morgan fingerprint density at radius 2 is 1.74 bits per heavy atom. The van der Waals surface area contributed by atoms with Gasteiger partial charge in [-0.15, -0.1) is 0 Å². The smallest absolute Gasteiger partial charge is 0.243 e. The van der Waals surface area contributed by atoms with E-state index in [4.69, 9.17) is 4.74 Å². The van der Waals surface area contributed by atoms with E-state index < -0.39 is 10.0 Å². The lowest BCUT2D eigenvalue weighted by Gasteiger charge is -2.40. The summed E-state index contributed by atoms with van der Waals surface area (Å²) in [6, 6.07) is 13.9. The molecule has 0 amide bonds. The van der Waals surface area contributed by atoms with E-state index in [1.54, 1.807) is 43.5 Å². The minimum Gasteiger partial charge on any atom is -0.497 e. The van der Waals surface area contributed by atoms with E-state index in [1.807, 2.05) is 19.1 Å². The van der Waals surface area contributed by atoms with Crippen LogP contribution in [0.4, 0.5) is 0 Å². The lowest BCUT2D eigenvalue weighted by atomic mass is 10.0. The first kappa shape index (κ1) is 23.4. The topological polar surface area (TPSA) is 66.9 Å². The number of ether oxygens (including phenoxy) is 1. The average molecular weight is 445 g/mol. The number of hydrogen-bond donors (Lipinski definition) is 0. The second-order valence-corrected chi connectivity index (χ2v) is 10.0. The highest BCUT2D eigenvalue weighted by Crippen LogP contribution is 2.23. The zero-order chi connectivity index (χ0) is 22.4. The van der Waals surface area contributed by atoms with Crippen molar-refractivity contribution in [3.63, 3.8) is 0 Å². The Hall–Kier alpha value is -2.22. The van der Waals surface area contributed by atoms with Gasteiger partial charge < -0.3 is 4.74 Å². The highest BCUT2D eigenvalue weighted by atomic mass is 32.2. The molecular weight excluding hydrogens is 412 g/mol. The van der Waals surface area contributed by atoms with Gasteiger partial charge in [0.15, 0.2) is 5.78 Å². The van der Waals surface area contributed by atoms with Gasteiger partial charge in [0, 0.05) is 37.7 Å². The number of ketones is 1. The summed E-state index contributed by atoms with van der Waals surface area (Å²) in [7, 11) is -2.00. The lowest BCUT2D eigenvalue weighted by molar-refractivity contribution is 0.0808. The number of nitrogens with zero attached hydrogens (tertiary/aromatic N) is 2. The molecule has 6 nitrogen and oxygen atoms in total. The Kier molecular flexibility index (Phi) is 7.86. The first-order valence-electron chi connectivity index (χ1n) is 10.8. The maximum absolute atomic E-state index is 13.2. The van der Waals surface area contributed by atoms with Crippen molar-refractivity contribution in [1.29, 1.82) is 0 Å². The predicted octanol–water partition coefficient (Wildman–Crippen LogP) is 3.75. The normalized spacial score (nSPS) is 18.1. The number of methoxy groups -OCH3 is 1. The molecule has 168 valence electrons. The van der Waals surface area contributed by atoms with Gasteiger partial charge in [-0.3, -0.25) is 9.69 Å². The second kappa shape index (κ2) is 10.4. The first-order chi connectivity index (χ1) is 14.8. The highest BCUT2D eigenvalue weighted by molar-refractivity contribution is 7.89. The maximum atomic E-state index is 13.2. The van der Waals surface area contributed by atoms with Crippen molar-refractivity contribution < 1.29 is 17.9 Å². The molecule has 1 aliphatic rings. The van der Waals surface area contributed by atoms with Crippen LogP contribution in [0.15, 0.2) is 53.4 Å². The van der Waals surface area contributed by atoms with Gasteiger partial charge in [0.25, 0.3) is 0 Å². The fourth-order valence-corrected chi connectivity index (χ4v) is 5.37. The minimum absolute atomic E-state index is 0.0173. The van der Waals surface area contributed by atoms with E-state index in [9.17, 15) is 13.2 Å². The van der Waals surface area contributed by atoms with Crippen LogP contribution in [0.5, 0.6) is 5.75 Å². The van der Waals surface area contributed by atoms with Crippen LogP contribution in [-0.4, -0.2) is 62.7 Å². The van der Waals surface area contributed by atoms with E-state index in [-0.39, 0.29) is 18.2 Å². The molecule has 1 unspecified atom stereocenters. The van der Waals surface area contributed by atoms with Crippen LogP contribution < -0.4 is 4.74 Å². The molecule has 7 heteroatoms. The Morgan fingerprint density at radius 1 is 1.06 bits per heavy atom. The monoisotopic (exact) mass is 444 g/mol. The van der Waals surface area contributed by atoms with E-state index in [2.05, 4.69) is 11.8 Å². The molecule has 0 aliphatic carbocycles. The molecule has 2 aromatic rings. The Labute approximate surface area is 185 Å². The molecule has 0 bridgehead atoms. The average Bonchev–Trinajstić information content (AvgIpc) is 2.78. The Bertz CT molecular complexity index is 972. The number of benzene rings is 2. The van der Waals surface area contributed by atoms with Crippen molar-refractivity contribution in [3.8, 4) is 5.75 Å². The van der Waals surface area contributed by atoms with Crippen LogP contribution in [-0.2, 0) is 10.0 Å². The zero-order valence-corrected chi connectivity index (χ0v) is 19.4. The Balaban J connectivity index is 1.78. The SMILES string of the molecule is CCCCN1CCN(S(=O)(=O)c2ccc(C)cc2)CC1CC(=O)c1ccc(OC)cc1. The molecule has 1 atom stereocenters. The summed E-state index contributed by atoms with van der Waals surface area (Å²) in [5, 5.41) is 0. The molecule has 0 radical (unpaired) electrons. The number of aryl methyl sites for hydroxylation is 1. The summed E-state index contributed by atoms with van der Waals surface area (Å²) in [6.45, 7) is 6.33. The Morgan fingerprint density at radius 3 is 2.35 bits per heavy atom. The van der Waals surface area contributed by atoms with Crippen molar-refractivity contribution in [1.82, 2.24) is 9.21 Å². The number of carbonyl (C=O) groups is 1. The first-order valence-corrected chi connectivity index (χ1v) is 12.3. The molecule has 1 saturated heterocycles. The molecule has 3 rings (SSSR count). The minimum atomic E-state index is -3.59. The fourth-order valence-electron chi connectivity index (χ4n) is 3.90. The summed E-state index contributed by atoms with van der Waals surface area (Å²) in [6.07, 6.45) is 2.37. The van der Waals surface area contributed by atoms with Gasteiger partial charge in [0.05, 0.1) is 12.0 Å². The quantitative estimate of drug-likeness (QED) is 0.551. The van der Waals surface area contributed by atoms with Gasteiger partial charge in [-0.05, 0) is 56.3 Å². The molecule has 0 N–H and O–H groups in total. The number of piperazine rings is 1. The number of unbranched alkanes of at least 4 members (excludes halogenated alkanes) is 1. The van der Waals surface area contributed by atoms with Gasteiger partial charge in [-0.1, -0.05) is 31.0 Å². The van der Waals surface area contributed by atoms with Gasteiger partial charge in [0.1, 0.15) is 5.75 Å². The standard InChI is InChI=1S/C24H32N2O4S/c1-4-5-14-25-15-16-26(31(28,29)23-12-6-19(2)7-13-23)18-21(25)17-24(27)20-8-10-22(30-3)11-9-20/h6-13,21H,4-5,14-18H2,1-3H3. The van der Waals surface area contributed by atoms with E-state index in [0.717, 1.165) is 24.9 Å². The fraction of sp³-hybridized carbons (Fsp3) is 0.458. The summed E-state index contributed by atoms with van der Waals surface area (Å²) >= 11 is 0. The van der Waals surface area contributed by atoms with Gasteiger partial charge in [-0.2, -0.15) is 4.31 Å². The molecule has 0 aromatic heterocycles. The number of rotatable bonds is 9. The predicted molar refractivity (Wildman–Crippen MR) is 122 cm³/mol. The third-order valence-electron chi connectivity index (χ3n) is 5.86. The van der Waals surface area contributed by atoms with Crippen LogP contribution in [0.1, 0.15) is 42.1 Å². The number of carbonyl (C=O) groups excluding carboxylic acids is 1. The summed E-state index contributed by atoms with van der Waals surface area (Å²) < 4.78 is 33.1. The number of hydrogen-bond acceptors (Lipinski definition) is 5. The van der Waals surface area contributed by atoms with Crippen molar-refractivity contribution in [3.05, 3.63) is 59.7 Å². The molecule has 0 saturated carbocycles. The maximum Gasteiger partial charge on any atom is 0.243 e. The van der Waals surface area contributed by atoms with E-state index >= 15 is 0 Å². The highest BCUT2D eigenvalue weighted by Gasteiger charge is 2.35. The second-order valence-electron chi connectivity index (χ2n) is 8.08. The van der Waals surface area contributed by atoms with Crippen molar-refractivity contribution in [2.24, 2.45) is 0 Å². The molecule has 0 spiro atoms. The molecule has 2 aromatic carbocycles. The molecule has 31 heavy (non-hydrogen) atoms. The van der Waals surface area contributed by atoms with E-state index in [1.165, 1.54) is 4.31 Å². The van der Waals surface area contributed by atoms with E-state index in [0.29, 0.717) is 35.8 Å². The summed E-state index contributed by atoms with van der Waals surface area (Å²) in [5.41, 5.74) is 1.64. The molecule has 1 aliphatic heterocycles.